The second kappa shape index (κ2) is 7.95. The van der Waals surface area contributed by atoms with Crippen LogP contribution in [0.5, 0.6) is 0 Å². The molecule has 10 heteroatoms. The lowest BCUT2D eigenvalue weighted by Gasteiger charge is -2.37. The Morgan fingerprint density at radius 3 is 2.65 bits per heavy atom. The number of amides is 1. The Balaban J connectivity index is 1.93. The highest BCUT2D eigenvalue weighted by atomic mass is 32.1. The molecular weight excluding hydrogens is 420 g/mol. The first-order valence-electron chi connectivity index (χ1n) is 9.57. The number of carboxylic acids is 2. The van der Waals surface area contributed by atoms with E-state index in [0.717, 1.165) is 0 Å². The number of aliphatic carboxylic acids is 2. The van der Waals surface area contributed by atoms with Gasteiger partial charge >= 0.3 is 11.9 Å². The SMILES string of the molecule is Cc1ccccc1C(=O)N1C(c2nccs2)C(C(=O)O)CC1(Cc1cnc[nH]1)C(=O)O. The zero-order chi connectivity index (χ0) is 22.2. The number of H-pyrrole nitrogens is 1. The van der Waals surface area contributed by atoms with Crippen LogP contribution in [0.3, 0.4) is 0 Å². The summed E-state index contributed by atoms with van der Waals surface area (Å²) in [7, 11) is 0. The van der Waals surface area contributed by atoms with E-state index in [-0.39, 0.29) is 12.8 Å². The van der Waals surface area contributed by atoms with Gasteiger partial charge in [-0.2, -0.15) is 0 Å². The van der Waals surface area contributed by atoms with Crippen LogP contribution in [-0.2, 0) is 16.0 Å². The van der Waals surface area contributed by atoms with E-state index in [0.29, 0.717) is 21.8 Å². The summed E-state index contributed by atoms with van der Waals surface area (Å²) in [6, 6.07) is 5.84. The molecule has 3 N–H and O–H groups in total. The number of hydrogen-bond donors (Lipinski definition) is 3. The van der Waals surface area contributed by atoms with E-state index >= 15 is 0 Å². The quantitative estimate of drug-likeness (QED) is 0.536. The number of benzene rings is 1. The van der Waals surface area contributed by atoms with Gasteiger partial charge in [-0.05, 0) is 25.0 Å². The van der Waals surface area contributed by atoms with Crippen molar-refractivity contribution in [1.82, 2.24) is 19.9 Å². The summed E-state index contributed by atoms with van der Waals surface area (Å²) < 4.78 is 0. The predicted octanol–water partition coefficient (Wildman–Crippen LogP) is 2.53. The largest absolute Gasteiger partial charge is 0.481 e. The van der Waals surface area contributed by atoms with Gasteiger partial charge in [0.05, 0.1) is 18.3 Å². The summed E-state index contributed by atoms with van der Waals surface area (Å²) in [4.78, 5) is 51.0. The van der Waals surface area contributed by atoms with Crippen molar-refractivity contribution in [3.05, 3.63) is 70.2 Å². The van der Waals surface area contributed by atoms with Crippen molar-refractivity contribution in [1.29, 1.82) is 0 Å². The van der Waals surface area contributed by atoms with Crippen LogP contribution in [0.4, 0.5) is 0 Å². The minimum absolute atomic E-state index is 0.106. The molecule has 1 saturated heterocycles. The topological polar surface area (TPSA) is 136 Å². The van der Waals surface area contributed by atoms with Gasteiger partial charge in [-0.15, -0.1) is 11.3 Å². The standard InChI is InChI=1S/C21H20N4O5S/c1-12-4-2-3-5-14(12)18(26)25-16(17-23-6-7-31-17)15(19(27)28)9-21(25,20(29)30)8-13-10-22-11-24-13/h2-7,10-11,15-16H,8-9H2,1H3,(H,22,24)(H,27,28)(H,29,30). The summed E-state index contributed by atoms with van der Waals surface area (Å²) in [6.45, 7) is 1.76. The summed E-state index contributed by atoms with van der Waals surface area (Å²) in [6.07, 6.45) is 4.06. The number of carboxylic acid groups (broad SMARTS) is 2. The Bertz CT molecular complexity index is 1110. The van der Waals surface area contributed by atoms with Crippen LogP contribution in [0, 0.1) is 12.8 Å². The molecule has 1 aliphatic heterocycles. The summed E-state index contributed by atoms with van der Waals surface area (Å²) in [5.74, 6) is -4.10. The minimum atomic E-state index is -1.79. The number of imidazole rings is 1. The lowest BCUT2D eigenvalue weighted by Crippen LogP contribution is -2.55. The van der Waals surface area contributed by atoms with E-state index in [4.69, 9.17) is 0 Å². The molecule has 0 radical (unpaired) electrons. The molecule has 0 aliphatic carbocycles. The molecule has 3 atom stereocenters. The zero-order valence-electron chi connectivity index (χ0n) is 16.6. The van der Waals surface area contributed by atoms with E-state index in [9.17, 15) is 24.6 Å². The maximum atomic E-state index is 13.8. The van der Waals surface area contributed by atoms with Crippen LogP contribution >= 0.6 is 11.3 Å². The maximum Gasteiger partial charge on any atom is 0.330 e. The number of nitrogens with one attached hydrogen (secondary N) is 1. The van der Waals surface area contributed by atoms with Crippen molar-refractivity contribution in [2.75, 3.05) is 0 Å². The number of carbonyl (C=O) groups is 3. The fourth-order valence-corrected chi connectivity index (χ4v) is 5.08. The number of thiazole rings is 1. The number of hydrogen-bond acceptors (Lipinski definition) is 6. The number of aromatic amines is 1. The molecule has 0 bridgehead atoms. The van der Waals surface area contributed by atoms with Gasteiger partial charge < -0.3 is 20.1 Å². The first-order chi connectivity index (χ1) is 14.8. The molecule has 3 unspecified atom stereocenters. The molecule has 0 saturated carbocycles. The highest BCUT2D eigenvalue weighted by Crippen LogP contribution is 2.49. The smallest absolute Gasteiger partial charge is 0.330 e. The minimum Gasteiger partial charge on any atom is -0.481 e. The number of carbonyl (C=O) groups excluding carboxylic acids is 1. The fraction of sp³-hybridized carbons (Fsp3) is 0.286. The molecule has 9 nitrogen and oxygen atoms in total. The van der Waals surface area contributed by atoms with E-state index in [2.05, 4.69) is 15.0 Å². The molecule has 31 heavy (non-hydrogen) atoms. The highest BCUT2D eigenvalue weighted by Gasteiger charge is 2.61. The summed E-state index contributed by atoms with van der Waals surface area (Å²) in [5.41, 5.74) is -0.296. The number of aromatic nitrogens is 3. The van der Waals surface area contributed by atoms with Crippen LogP contribution in [-0.4, -0.2) is 53.4 Å². The first-order valence-corrected chi connectivity index (χ1v) is 10.5. The monoisotopic (exact) mass is 440 g/mol. The molecular formula is C21H20N4O5S. The van der Waals surface area contributed by atoms with Crippen LogP contribution in [0.1, 0.15) is 39.1 Å². The number of nitrogens with zero attached hydrogens (tertiary/aromatic N) is 3. The Hall–Kier alpha value is -3.53. The van der Waals surface area contributed by atoms with Crippen molar-refractivity contribution in [2.24, 2.45) is 5.92 Å². The van der Waals surface area contributed by atoms with Crippen molar-refractivity contribution in [2.45, 2.75) is 31.3 Å². The molecule has 1 aliphatic rings. The Labute approximate surface area is 181 Å². The second-order valence-electron chi connectivity index (χ2n) is 7.54. The Morgan fingerprint density at radius 2 is 2.06 bits per heavy atom. The summed E-state index contributed by atoms with van der Waals surface area (Å²) >= 11 is 1.20. The highest BCUT2D eigenvalue weighted by molar-refractivity contribution is 7.09. The van der Waals surface area contributed by atoms with Crippen molar-refractivity contribution >= 4 is 29.2 Å². The average Bonchev–Trinajstić information content (AvgIpc) is 3.48. The Kier molecular flexibility index (Phi) is 5.32. The van der Waals surface area contributed by atoms with Crippen molar-refractivity contribution in [3.63, 3.8) is 0 Å². The number of rotatable bonds is 6. The van der Waals surface area contributed by atoms with Gasteiger partial charge in [-0.3, -0.25) is 9.59 Å². The molecule has 4 rings (SSSR count). The molecule has 2 aromatic heterocycles. The molecule has 3 aromatic rings. The zero-order valence-corrected chi connectivity index (χ0v) is 17.4. The first kappa shape index (κ1) is 20.7. The third kappa shape index (κ3) is 3.48. The Morgan fingerprint density at radius 1 is 1.29 bits per heavy atom. The van der Waals surface area contributed by atoms with E-state index in [1.54, 1.807) is 36.6 Å². The third-order valence-corrected chi connectivity index (χ3v) is 6.58. The molecule has 1 aromatic carbocycles. The molecule has 0 spiro atoms. The van der Waals surface area contributed by atoms with Gasteiger partial charge in [0.2, 0.25) is 0 Å². The van der Waals surface area contributed by atoms with Crippen molar-refractivity contribution in [3.8, 4) is 0 Å². The van der Waals surface area contributed by atoms with Gasteiger partial charge in [-0.1, -0.05) is 18.2 Å². The lowest BCUT2D eigenvalue weighted by molar-refractivity contribution is -0.149. The third-order valence-electron chi connectivity index (χ3n) is 5.73. The molecule has 1 amide bonds. The average molecular weight is 440 g/mol. The van der Waals surface area contributed by atoms with Crippen LogP contribution < -0.4 is 0 Å². The normalized spacial score (nSPS) is 23.1. The van der Waals surface area contributed by atoms with Gasteiger partial charge in [-0.25, -0.2) is 14.8 Å². The van der Waals surface area contributed by atoms with E-state index < -0.39 is 35.3 Å². The fourth-order valence-electron chi connectivity index (χ4n) is 4.29. The maximum absolute atomic E-state index is 13.8. The van der Waals surface area contributed by atoms with Crippen molar-refractivity contribution < 1.29 is 24.6 Å². The predicted molar refractivity (Wildman–Crippen MR) is 111 cm³/mol. The second-order valence-corrected chi connectivity index (χ2v) is 8.47. The van der Waals surface area contributed by atoms with Gasteiger partial charge in [0, 0.05) is 35.5 Å². The van der Waals surface area contributed by atoms with Crippen LogP contribution in [0.2, 0.25) is 0 Å². The number of aryl methyl sites for hydroxylation is 1. The van der Waals surface area contributed by atoms with Gasteiger partial charge in [0.1, 0.15) is 10.5 Å². The van der Waals surface area contributed by atoms with E-state index in [1.165, 1.54) is 35.0 Å². The summed E-state index contributed by atoms with van der Waals surface area (Å²) in [5, 5.41) is 22.4. The van der Waals surface area contributed by atoms with Gasteiger partial charge in [0.25, 0.3) is 5.91 Å². The lowest BCUT2D eigenvalue weighted by atomic mass is 9.86. The van der Waals surface area contributed by atoms with E-state index in [1.807, 2.05) is 0 Å². The van der Waals surface area contributed by atoms with Crippen LogP contribution in [0.15, 0.2) is 48.4 Å². The molecule has 160 valence electrons. The van der Waals surface area contributed by atoms with Crippen LogP contribution in [0.25, 0.3) is 0 Å². The van der Waals surface area contributed by atoms with Gasteiger partial charge in [0.15, 0.2) is 0 Å². The number of likely N-dealkylation sites (tertiary alicyclic amines) is 1. The molecule has 3 heterocycles. The molecule has 1 fully saturated rings.